The van der Waals surface area contributed by atoms with E-state index in [0.29, 0.717) is 22.9 Å². The van der Waals surface area contributed by atoms with Crippen molar-refractivity contribution in [2.75, 3.05) is 23.4 Å². The highest BCUT2D eigenvalue weighted by Crippen LogP contribution is 2.37. The zero-order valence-corrected chi connectivity index (χ0v) is 17.6. The van der Waals surface area contributed by atoms with E-state index in [9.17, 15) is 15.3 Å². The van der Waals surface area contributed by atoms with E-state index in [2.05, 4.69) is 16.4 Å². The number of nitriles is 2. The predicted molar refractivity (Wildman–Crippen MR) is 118 cm³/mol. The van der Waals surface area contributed by atoms with Crippen molar-refractivity contribution in [1.29, 1.82) is 10.5 Å². The van der Waals surface area contributed by atoms with E-state index in [-0.39, 0.29) is 28.6 Å². The van der Waals surface area contributed by atoms with E-state index in [1.54, 1.807) is 24.3 Å². The summed E-state index contributed by atoms with van der Waals surface area (Å²) in [6, 6.07) is 14.8. The third-order valence-electron chi connectivity index (χ3n) is 3.97. The summed E-state index contributed by atoms with van der Waals surface area (Å²) in [6.45, 7) is 2.47. The number of nitrogens with two attached hydrogens (primary N) is 1. The van der Waals surface area contributed by atoms with Gasteiger partial charge in [-0.1, -0.05) is 17.8 Å². The van der Waals surface area contributed by atoms with Gasteiger partial charge >= 0.3 is 0 Å². The molecule has 2 aromatic heterocycles. The molecule has 0 atom stereocenters. The number of pyridine rings is 1. The van der Waals surface area contributed by atoms with E-state index >= 15 is 0 Å². The van der Waals surface area contributed by atoms with Crippen LogP contribution in [0.5, 0.6) is 5.75 Å². The maximum Gasteiger partial charge on any atom is 0.234 e. The van der Waals surface area contributed by atoms with Gasteiger partial charge in [0.2, 0.25) is 5.91 Å². The molecule has 1 aromatic carbocycles. The first kappa shape index (κ1) is 21.2. The molecule has 0 spiro atoms. The highest BCUT2D eigenvalue weighted by atomic mass is 32.2. The first-order valence-electron chi connectivity index (χ1n) is 8.90. The quantitative estimate of drug-likeness (QED) is 0.531. The Balaban J connectivity index is 1.79. The molecule has 30 heavy (non-hydrogen) atoms. The summed E-state index contributed by atoms with van der Waals surface area (Å²) < 4.78 is 5.38. The molecule has 3 aromatic rings. The van der Waals surface area contributed by atoms with Crippen LogP contribution < -0.4 is 15.8 Å². The maximum absolute atomic E-state index is 12.4. The summed E-state index contributed by atoms with van der Waals surface area (Å²) in [5.74, 6) is 0.538. The summed E-state index contributed by atoms with van der Waals surface area (Å²) in [5.41, 5.74) is 7.46. The number of benzene rings is 1. The molecule has 0 bridgehead atoms. The monoisotopic (exact) mass is 435 g/mol. The first-order chi connectivity index (χ1) is 14.6. The summed E-state index contributed by atoms with van der Waals surface area (Å²) in [5, 5.41) is 24.2. The lowest BCUT2D eigenvalue weighted by atomic mass is 10.0. The third kappa shape index (κ3) is 4.71. The van der Waals surface area contributed by atoms with Crippen LogP contribution >= 0.6 is 23.1 Å². The standard InChI is InChI=1S/C21H17N5O2S2/c1-2-28-14-7-5-13(6-8-14)25-18(27)12-30-21-16(11-23)19(17-4-3-9-29-17)15(10-22)20(24)26-21/h3-9H,2,12H2,1H3,(H2,24,26)(H,25,27). The molecule has 0 aliphatic carbocycles. The Labute approximate surface area is 182 Å². The van der Waals surface area contributed by atoms with Crippen LogP contribution in [-0.2, 0) is 4.79 Å². The number of nitrogens with one attached hydrogen (secondary N) is 1. The second-order valence-corrected chi connectivity index (χ2v) is 7.83. The number of ether oxygens (including phenoxy) is 1. The summed E-state index contributed by atoms with van der Waals surface area (Å²) in [7, 11) is 0. The highest BCUT2D eigenvalue weighted by Gasteiger charge is 2.21. The van der Waals surface area contributed by atoms with Crippen molar-refractivity contribution < 1.29 is 9.53 Å². The third-order valence-corrected chi connectivity index (χ3v) is 5.83. The topological polar surface area (TPSA) is 125 Å². The van der Waals surface area contributed by atoms with Crippen molar-refractivity contribution in [2.24, 2.45) is 0 Å². The van der Waals surface area contributed by atoms with Gasteiger partial charge in [0.15, 0.2) is 0 Å². The number of carbonyl (C=O) groups is 1. The number of thiophene rings is 1. The Morgan fingerprint density at radius 1 is 1.23 bits per heavy atom. The molecule has 3 rings (SSSR count). The van der Waals surface area contributed by atoms with Crippen LogP contribution in [0.2, 0.25) is 0 Å². The highest BCUT2D eigenvalue weighted by molar-refractivity contribution is 8.00. The van der Waals surface area contributed by atoms with Crippen LogP contribution in [0.15, 0.2) is 46.8 Å². The molecular weight excluding hydrogens is 418 g/mol. The Morgan fingerprint density at radius 3 is 2.57 bits per heavy atom. The van der Waals surface area contributed by atoms with Crippen molar-refractivity contribution >= 4 is 40.5 Å². The molecule has 3 N–H and O–H groups in total. The van der Waals surface area contributed by atoms with Gasteiger partial charge in [0, 0.05) is 16.1 Å². The molecule has 0 fully saturated rings. The fourth-order valence-corrected chi connectivity index (χ4v) is 4.28. The maximum atomic E-state index is 12.4. The minimum absolute atomic E-state index is 0.0319. The van der Waals surface area contributed by atoms with Crippen molar-refractivity contribution in [3.8, 4) is 28.3 Å². The van der Waals surface area contributed by atoms with Crippen molar-refractivity contribution in [3.63, 3.8) is 0 Å². The van der Waals surface area contributed by atoms with Crippen LogP contribution in [0.4, 0.5) is 11.5 Å². The number of nitrogens with zero attached hydrogens (tertiary/aromatic N) is 3. The van der Waals surface area contributed by atoms with Crippen LogP contribution in [0.1, 0.15) is 18.1 Å². The number of hydrogen-bond donors (Lipinski definition) is 2. The van der Waals surface area contributed by atoms with Gasteiger partial charge in [-0.25, -0.2) is 4.98 Å². The second-order valence-electron chi connectivity index (χ2n) is 5.92. The van der Waals surface area contributed by atoms with Crippen LogP contribution in [0.25, 0.3) is 10.4 Å². The Kier molecular flexibility index (Phi) is 6.91. The molecule has 1 amide bonds. The lowest BCUT2D eigenvalue weighted by Gasteiger charge is -2.12. The molecule has 0 saturated heterocycles. The minimum Gasteiger partial charge on any atom is -0.494 e. The molecule has 9 heteroatoms. The molecule has 0 aliphatic rings. The van der Waals surface area contributed by atoms with Gasteiger partial charge in [-0.2, -0.15) is 10.5 Å². The minimum atomic E-state index is -0.254. The summed E-state index contributed by atoms with van der Waals surface area (Å²) >= 11 is 2.50. The predicted octanol–water partition coefficient (Wildman–Crippen LogP) is 4.27. The van der Waals surface area contributed by atoms with Crippen molar-refractivity contribution in [1.82, 2.24) is 4.98 Å². The SMILES string of the molecule is CCOc1ccc(NC(=O)CSc2nc(N)c(C#N)c(-c3cccs3)c2C#N)cc1. The molecule has 0 radical (unpaired) electrons. The smallest absolute Gasteiger partial charge is 0.234 e. The lowest BCUT2D eigenvalue weighted by molar-refractivity contribution is -0.113. The Morgan fingerprint density at radius 2 is 1.97 bits per heavy atom. The number of hydrogen-bond acceptors (Lipinski definition) is 8. The number of amides is 1. The molecular formula is C21H17N5O2S2. The molecule has 7 nitrogen and oxygen atoms in total. The van der Waals surface area contributed by atoms with Crippen molar-refractivity contribution in [2.45, 2.75) is 11.9 Å². The normalized spacial score (nSPS) is 10.1. The molecule has 150 valence electrons. The van der Waals surface area contributed by atoms with Gasteiger partial charge in [-0.3, -0.25) is 4.79 Å². The largest absolute Gasteiger partial charge is 0.494 e. The van der Waals surface area contributed by atoms with Crippen LogP contribution in [-0.4, -0.2) is 23.3 Å². The van der Waals surface area contributed by atoms with E-state index in [4.69, 9.17) is 10.5 Å². The fraction of sp³-hybridized carbons (Fsp3) is 0.143. The van der Waals surface area contributed by atoms with Gasteiger partial charge in [-0.05, 0) is 42.6 Å². The van der Waals surface area contributed by atoms with Gasteiger partial charge in [0.05, 0.1) is 17.9 Å². The second kappa shape index (κ2) is 9.79. The average molecular weight is 436 g/mol. The summed E-state index contributed by atoms with van der Waals surface area (Å²) in [4.78, 5) is 17.3. The van der Waals surface area contributed by atoms with E-state index in [0.717, 1.165) is 22.4 Å². The Hall–Kier alpha value is -3.53. The number of aromatic nitrogens is 1. The van der Waals surface area contributed by atoms with E-state index in [1.165, 1.54) is 11.3 Å². The van der Waals surface area contributed by atoms with Gasteiger partial charge in [0.25, 0.3) is 0 Å². The summed E-state index contributed by atoms with van der Waals surface area (Å²) in [6.07, 6.45) is 0. The Bertz CT molecular complexity index is 1130. The lowest BCUT2D eigenvalue weighted by Crippen LogP contribution is -2.14. The van der Waals surface area contributed by atoms with Crippen LogP contribution in [0, 0.1) is 22.7 Å². The number of carbonyl (C=O) groups excluding carboxylic acids is 1. The van der Waals surface area contributed by atoms with Crippen molar-refractivity contribution in [3.05, 3.63) is 52.9 Å². The fourth-order valence-electron chi connectivity index (χ4n) is 2.70. The number of rotatable bonds is 7. The van der Waals surface area contributed by atoms with E-state index < -0.39 is 0 Å². The average Bonchev–Trinajstić information content (AvgIpc) is 3.28. The zero-order valence-electron chi connectivity index (χ0n) is 16.0. The molecule has 0 unspecified atom stereocenters. The van der Waals surface area contributed by atoms with Gasteiger partial charge in [-0.15, -0.1) is 11.3 Å². The molecule has 0 aliphatic heterocycles. The van der Waals surface area contributed by atoms with E-state index in [1.807, 2.05) is 30.5 Å². The van der Waals surface area contributed by atoms with Gasteiger partial charge < -0.3 is 15.8 Å². The number of nitrogen functional groups attached to an aromatic ring is 1. The van der Waals surface area contributed by atoms with Gasteiger partial charge in [0.1, 0.15) is 34.3 Å². The number of thioether (sulfide) groups is 1. The zero-order chi connectivity index (χ0) is 21.5. The first-order valence-corrected chi connectivity index (χ1v) is 10.8. The molecule has 2 heterocycles. The molecule has 0 saturated carbocycles. The number of anilines is 2. The van der Waals surface area contributed by atoms with Crippen LogP contribution in [0.3, 0.4) is 0 Å².